The van der Waals surface area contributed by atoms with E-state index in [0.29, 0.717) is 5.84 Å². The van der Waals surface area contributed by atoms with Crippen LogP contribution < -0.4 is 5.32 Å². The maximum absolute atomic E-state index is 5.05. The Bertz CT molecular complexity index is 2480. The molecular formula is C44H31N5. The third kappa shape index (κ3) is 5.37. The van der Waals surface area contributed by atoms with Gasteiger partial charge in [-0.1, -0.05) is 133 Å². The zero-order chi connectivity index (χ0) is 32.6. The maximum Gasteiger partial charge on any atom is 0.159 e. The summed E-state index contributed by atoms with van der Waals surface area (Å²) in [6.45, 7) is 0. The van der Waals surface area contributed by atoms with Crippen LogP contribution in [0.3, 0.4) is 0 Å². The Hall–Kier alpha value is -6.59. The number of benzene rings is 6. The molecular weight excluding hydrogens is 599 g/mol. The van der Waals surface area contributed by atoms with Crippen molar-refractivity contribution < 1.29 is 0 Å². The van der Waals surface area contributed by atoms with Gasteiger partial charge in [0.2, 0.25) is 0 Å². The zero-order valence-corrected chi connectivity index (χ0v) is 26.6. The number of hydrogen-bond acceptors (Lipinski definition) is 4. The van der Waals surface area contributed by atoms with Gasteiger partial charge in [0.25, 0.3) is 0 Å². The lowest BCUT2D eigenvalue weighted by Gasteiger charge is -2.23. The predicted octanol–water partition coefficient (Wildman–Crippen LogP) is 10.0. The Morgan fingerprint density at radius 3 is 1.88 bits per heavy atom. The Kier molecular flexibility index (Phi) is 7.13. The van der Waals surface area contributed by atoms with E-state index in [4.69, 9.17) is 9.98 Å². The molecule has 3 heterocycles. The minimum atomic E-state index is -0.260. The van der Waals surface area contributed by atoms with E-state index in [1.54, 1.807) is 6.20 Å². The number of rotatable bonds is 6. The van der Waals surface area contributed by atoms with E-state index in [1.807, 2.05) is 30.5 Å². The van der Waals surface area contributed by atoms with Crippen molar-refractivity contribution in [2.24, 2.45) is 9.98 Å². The van der Waals surface area contributed by atoms with Crippen LogP contribution in [0, 0.1) is 0 Å². The first-order valence-electron chi connectivity index (χ1n) is 16.5. The van der Waals surface area contributed by atoms with Crippen LogP contribution in [0.15, 0.2) is 186 Å². The molecule has 1 unspecified atom stereocenters. The quantitative estimate of drug-likeness (QED) is 0.199. The van der Waals surface area contributed by atoms with Gasteiger partial charge in [0.1, 0.15) is 12.0 Å². The summed E-state index contributed by atoms with van der Waals surface area (Å²) in [5, 5.41) is 6.09. The third-order valence-corrected chi connectivity index (χ3v) is 9.18. The third-order valence-electron chi connectivity index (χ3n) is 9.18. The van der Waals surface area contributed by atoms with E-state index in [0.717, 1.165) is 50.5 Å². The van der Waals surface area contributed by atoms with Crippen molar-refractivity contribution in [2.45, 2.75) is 6.17 Å². The molecule has 2 aromatic heterocycles. The lowest BCUT2D eigenvalue weighted by atomic mass is 10.0. The van der Waals surface area contributed by atoms with Crippen LogP contribution in [0.2, 0.25) is 0 Å². The number of nitrogens with zero attached hydrogens (tertiary/aromatic N) is 4. The second kappa shape index (κ2) is 12.2. The minimum Gasteiger partial charge on any atom is -0.344 e. The second-order valence-corrected chi connectivity index (χ2v) is 12.2. The number of aliphatic imine (C=N–C) groups is 2. The summed E-state index contributed by atoms with van der Waals surface area (Å²) in [6.07, 6.45) is 3.41. The number of aromatic nitrogens is 2. The fourth-order valence-corrected chi connectivity index (χ4v) is 6.70. The van der Waals surface area contributed by atoms with Crippen molar-refractivity contribution in [3.63, 3.8) is 0 Å². The number of para-hydroxylation sites is 2. The summed E-state index contributed by atoms with van der Waals surface area (Å²) in [7, 11) is 0. The van der Waals surface area contributed by atoms with E-state index >= 15 is 0 Å². The molecule has 1 aliphatic heterocycles. The van der Waals surface area contributed by atoms with Gasteiger partial charge in [0, 0.05) is 40.0 Å². The molecule has 0 spiro atoms. The Morgan fingerprint density at radius 1 is 0.490 bits per heavy atom. The molecule has 1 atom stereocenters. The van der Waals surface area contributed by atoms with Gasteiger partial charge in [-0.25, -0.2) is 9.98 Å². The van der Waals surface area contributed by atoms with Crippen LogP contribution in [0.5, 0.6) is 0 Å². The molecule has 6 aromatic carbocycles. The zero-order valence-electron chi connectivity index (χ0n) is 26.6. The monoisotopic (exact) mass is 629 g/mol. The second-order valence-electron chi connectivity index (χ2n) is 12.2. The van der Waals surface area contributed by atoms with Crippen LogP contribution >= 0.6 is 0 Å². The fraction of sp³-hybridized carbons (Fsp3) is 0.0227. The summed E-state index contributed by atoms with van der Waals surface area (Å²) < 4.78 is 2.36. The first kappa shape index (κ1) is 28.6. The Balaban J connectivity index is 1.08. The molecule has 0 fully saturated rings. The van der Waals surface area contributed by atoms with E-state index < -0.39 is 0 Å². The van der Waals surface area contributed by atoms with Crippen molar-refractivity contribution in [3.8, 4) is 27.9 Å². The summed E-state index contributed by atoms with van der Waals surface area (Å²) in [4.78, 5) is 14.4. The van der Waals surface area contributed by atoms with E-state index in [-0.39, 0.29) is 6.17 Å². The van der Waals surface area contributed by atoms with Crippen LogP contribution in [-0.4, -0.2) is 21.2 Å². The van der Waals surface area contributed by atoms with Crippen LogP contribution in [0.1, 0.15) is 22.9 Å². The van der Waals surface area contributed by atoms with Gasteiger partial charge in [-0.05, 0) is 58.1 Å². The van der Waals surface area contributed by atoms with Gasteiger partial charge in [-0.2, -0.15) is 0 Å². The smallest absolute Gasteiger partial charge is 0.159 e. The molecule has 5 nitrogen and oxygen atoms in total. The fourth-order valence-electron chi connectivity index (χ4n) is 6.70. The molecule has 8 aromatic rings. The molecule has 0 saturated heterocycles. The molecule has 0 bridgehead atoms. The highest BCUT2D eigenvalue weighted by atomic mass is 15.2. The van der Waals surface area contributed by atoms with Crippen molar-refractivity contribution in [3.05, 3.63) is 193 Å². The number of pyridine rings is 1. The van der Waals surface area contributed by atoms with Gasteiger partial charge in [0.05, 0.1) is 11.0 Å². The van der Waals surface area contributed by atoms with Gasteiger partial charge in [-0.15, -0.1) is 0 Å². The average Bonchev–Trinajstić information content (AvgIpc) is 3.52. The first-order valence-corrected chi connectivity index (χ1v) is 16.5. The van der Waals surface area contributed by atoms with E-state index in [1.165, 1.54) is 21.8 Å². The summed E-state index contributed by atoms with van der Waals surface area (Å²) >= 11 is 0. The standard InChI is InChI=1S/C44H31N5/c1-3-10-32(11-4-1)42-46-43(48-44(47-42)34-23-19-31(20-24-34)36-12-9-27-45-29-36)33-21-17-30(18-22-33)35-25-26-39-38-15-7-8-16-40(38)49(41(39)28-35)37-13-5-2-6-14-37/h1-29,42H,(H,46,47,48). The average molecular weight is 630 g/mol. The topological polar surface area (TPSA) is 54.6 Å². The lowest BCUT2D eigenvalue weighted by Crippen LogP contribution is -2.33. The van der Waals surface area contributed by atoms with Gasteiger partial charge < -0.3 is 9.88 Å². The molecule has 49 heavy (non-hydrogen) atoms. The number of hydrogen-bond donors (Lipinski definition) is 1. The SMILES string of the molecule is c1ccc(C2N=C(c3ccc(-c4cccnc4)cc3)N=C(c3ccc(-c4ccc5c6ccccc6n(-c6ccccc6)c5c4)cc3)N2)cc1. The predicted molar refractivity (Wildman–Crippen MR) is 201 cm³/mol. The normalized spacial score (nSPS) is 14.3. The van der Waals surface area contributed by atoms with Crippen molar-refractivity contribution in [1.82, 2.24) is 14.9 Å². The van der Waals surface area contributed by atoms with Crippen molar-refractivity contribution in [1.29, 1.82) is 0 Å². The van der Waals surface area contributed by atoms with Crippen LogP contribution in [0.25, 0.3) is 49.7 Å². The Morgan fingerprint density at radius 2 is 1.12 bits per heavy atom. The first-order chi connectivity index (χ1) is 24.3. The van der Waals surface area contributed by atoms with Gasteiger partial charge in [0.15, 0.2) is 5.84 Å². The Labute approximate surface area is 284 Å². The summed E-state index contributed by atoms with van der Waals surface area (Å²) in [5.41, 5.74) is 11.1. The minimum absolute atomic E-state index is 0.260. The van der Waals surface area contributed by atoms with E-state index in [2.05, 4.69) is 154 Å². The molecule has 1 aliphatic rings. The van der Waals surface area contributed by atoms with E-state index in [9.17, 15) is 0 Å². The van der Waals surface area contributed by atoms with Crippen LogP contribution in [-0.2, 0) is 0 Å². The number of amidine groups is 2. The number of nitrogens with one attached hydrogen (secondary N) is 1. The number of fused-ring (bicyclic) bond motifs is 3. The highest BCUT2D eigenvalue weighted by Crippen LogP contribution is 2.35. The molecule has 0 radical (unpaired) electrons. The molecule has 0 amide bonds. The van der Waals surface area contributed by atoms with Gasteiger partial charge >= 0.3 is 0 Å². The van der Waals surface area contributed by atoms with Gasteiger partial charge in [-0.3, -0.25) is 4.98 Å². The molecule has 232 valence electrons. The van der Waals surface area contributed by atoms with Crippen LogP contribution in [0.4, 0.5) is 0 Å². The van der Waals surface area contributed by atoms with Crippen molar-refractivity contribution >= 4 is 33.5 Å². The molecule has 9 rings (SSSR count). The molecule has 1 N–H and O–H groups in total. The highest BCUT2D eigenvalue weighted by molar-refractivity contribution is 6.13. The molecule has 5 heteroatoms. The molecule has 0 aliphatic carbocycles. The maximum atomic E-state index is 5.05. The molecule has 0 saturated carbocycles. The largest absolute Gasteiger partial charge is 0.344 e. The summed E-state index contributed by atoms with van der Waals surface area (Å²) in [5.74, 6) is 1.49. The highest BCUT2D eigenvalue weighted by Gasteiger charge is 2.21. The lowest BCUT2D eigenvalue weighted by molar-refractivity contribution is 0.674. The summed E-state index contributed by atoms with van der Waals surface area (Å²) in [6, 6.07) is 57.4. The van der Waals surface area contributed by atoms with Crippen molar-refractivity contribution in [2.75, 3.05) is 0 Å².